The fourth-order valence-electron chi connectivity index (χ4n) is 3.09. The van der Waals surface area contributed by atoms with Crippen molar-refractivity contribution < 1.29 is 9.53 Å². The van der Waals surface area contributed by atoms with Gasteiger partial charge in [-0.05, 0) is 25.0 Å². The van der Waals surface area contributed by atoms with Crippen molar-refractivity contribution >= 4 is 17.4 Å². The normalized spacial score (nSPS) is 18.0. The van der Waals surface area contributed by atoms with Gasteiger partial charge in [0.15, 0.2) is 0 Å². The maximum atomic E-state index is 12.6. The summed E-state index contributed by atoms with van der Waals surface area (Å²) in [6, 6.07) is 7.40. The lowest BCUT2D eigenvalue weighted by molar-refractivity contribution is 0.0791. The highest BCUT2D eigenvalue weighted by Crippen LogP contribution is 2.26. The molecule has 0 bridgehead atoms. The first-order chi connectivity index (χ1) is 11.7. The molecule has 1 unspecified atom stereocenters. The summed E-state index contributed by atoms with van der Waals surface area (Å²) in [5.74, 6) is 0.790. The maximum Gasteiger partial charge on any atom is 0.273 e. The first-order valence-corrected chi connectivity index (χ1v) is 8.07. The molecule has 7 nitrogen and oxygen atoms in total. The summed E-state index contributed by atoms with van der Waals surface area (Å²) in [6.07, 6.45) is 5.57. The maximum absolute atomic E-state index is 12.6. The fraction of sp³-hybridized carbons (Fsp3) is 0.353. The molecule has 0 spiro atoms. The molecule has 0 aliphatic carbocycles. The Morgan fingerprint density at radius 3 is 3.17 bits per heavy atom. The van der Waals surface area contributed by atoms with E-state index in [1.807, 2.05) is 25.2 Å². The first kappa shape index (κ1) is 14.9. The molecule has 124 valence electrons. The molecule has 4 heterocycles. The predicted molar refractivity (Wildman–Crippen MR) is 89.1 cm³/mol. The number of rotatable bonds is 3. The molecule has 1 fully saturated rings. The van der Waals surface area contributed by atoms with E-state index in [1.165, 1.54) is 0 Å². The quantitative estimate of drug-likeness (QED) is 0.801. The van der Waals surface area contributed by atoms with Crippen LogP contribution < -0.4 is 5.32 Å². The van der Waals surface area contributed by atoms with Gasteiger partial charge in [-0.2, -0.15) is 5.10 Å². The molecule has 0 radical (unpaired) electrons. The third-order valence-electron chi connectivity index (χ3n) is 4.38. The largest absolute Gasteiger partial charge is 0.381 e. The van der Waals surface area contributed by atoms with Crippen LogP contribution in [0.4, 0.5) is 5.82 Å². The molecule has 1 N–H and O–H groups in total. The number of carbonyl (C=O) groups excluding carboxylic acids is 1. The van der Waals surface area contributed by atoms with Crippen LogP contribution in [0.2, 0.25) is 0 Å². The van der Waals surface area contributed by atoms with E-state index in [0.717, 1.165) is 30.8 Å². The molecule has 1 aliphatic rings. The van der Waals surface area contributed by atoms with Crippen LogP contribution in [0.3, 0.4) is 0 Å². The fourth-order valence-corrected chi connectivity index (χ4v) is 3.09. The molecule has 3 aromatic rings. The van der Waals surface area contributed by atoms with E-state index in [1.54, 1.807) is 27.5 Å². The Hall–Kier alpha value is -2.67. The van der Waals surface area contributed by atoms with E-state index < -0.39 is 0 Å². The summed E-state index contributed by atoms with van der Waals surface area (Å²) >= 11 is 0. The van der Waals surface area contributed by atoms with Gasteiger partial charge in [-0.15, -0.1) is 0 Å². The van der Waals surface area contributed by atoms with Gasteiger partial charge < -0.3 is 10.1 Å². The van der Waals surface area contributed by atoms with Crippen molar-refractivity contribution in [3.63, 3.8) is 0 Å². The summed E-state index contributed by atoms with van der Waals surface area (Å²) < 4.78 is 9.00. The smallest absolute Gasteiger partial charge is 0.273 e. The monoisotopic (exact) mass is 325 g/mol. The minimum absolute atomic E-state index is 0.187. The van der Waals surface area contributed by atoms with Gasteiger partial charge in [0.2, 0.25) is 0 Å². The highest BCUT2D eigenvalue weighted by atomic mass is 16.5. The molecule has 4 rings (SSSR count). The van der Waals surface area contributed by atoms with E-state index in [0.29, 0.717) is 24.0 Å². The summed E-state index contributed by atoms with van der Waals surface area (Å²) in [6.45, 7) is 1.51. The Balaban J connectivity index is 1.57. The third kappa shape index (κ3) is 2.67. The standard InChI is InChI=1S/C17H19N5O2/c1-21-16(10-13(20-21)12-4-3-9-24-11-12)19-17(23)14-5-2-6-15-18-7-8-22(14)15/h2,5-8,10,12H,3-4,9,11H2,1H3,(H,19,23). The Labute approximate surface area is 139 Å². The number of nitrogens with one attached hydrogen (secondary N) is 1. The van der Waals surface area contributed by atoms with Crippen LogP contribution in [0, 0.1) is 0 Å². The van der Waals surface area contributed by atoms with Gasteiger partial charge in [0.1, 0.15) is 17.2 Å². The number of fused-ring (bicyclic) bond motifs is 1. The van der Waals surface area contributed by atoms with Crippen molar-refractivity contribution in [2.45, 2.75) is 18.8 Å². The number of hydrogen-bond donors (Lipinski definition) is 1. The van der Waals surface area contributed by atoms with Gasteiger partial charge >= 0.3 is 0 Å². The molecule has 3 aromatic heterocycles. The van der Waals surface area contributed by atoms with E-state index in [4.69, 9.17) is 4.74 Å². The number of hydrogen-bond acceptors (Lipinski definition) is 4. The van der Waals surface area contributed by atoms with Crippen molar-refractivity contribution in [2.24, 2.45) is 7.05 Å². The van der Waals surface area contributed by atoms with Crippen molar-refractivity contribution in [1.82, 2.24) is 19.2 Å². The van der Waals surface area contributed by atoms with Crippen molar-refractivity contribution in [1.29, 1.82) is 0 Å². The molecule has 7 heteroatoms. The molecule has 0 saturated carbocycles. The number of carbonyl (C=O) groups is 1. The summed E-state index contributed by atoms with van der Waals surface area (Å²) in [5.41, 5.74) is 2.25. The van der Waals surface area contributed by atoms with Crippen molar-refractivity contribution in [2.75, 3.05) is 18.5 Å². The van der Waals surface area contributed by atoms with Gasteiger partial charge in [-0.1, -0.05) is 6.07 Å². The molecule has 1 amide bonds. The predicted octanol–water partition coefficient (Wildman–Crippen LogP) is 2.21. The number of anilines is 1. The Bertz CT molecular complexity index is 876. The minimum Gasteiger partial charge on any atom is -0.381 e. The molecular formula is C17H19N5O2. The summed E-state index contributed by atoms with van der Waals surface area (Å²) in [5, 5.41) is 7.48. The molecule has 1 aliphatic heterocycles. The number of pyridine rings is 1. The van der Waals surface area contributed by atoms with Gasteiger partial charge in [0.05, 0.1) is 12.3 Å². The van der Waals surface area contributed by atoms with Crippen LogP contribution in [0.5, 0.6) is 0 Å². The number of ether oxygens (including phenoxy) is 1. The Morgan fingerprint density at radius 1 is 1.42 bits per heavy atom. The van der Waals surface area contributed by atoms with Gasteiger partial charge in [0.25, 0.3) is 5.91 Å². The molecular weight excluding hydrogens is 306 g/mol. The third-order valence-corrected chi connectivity index (χ3v) is 4.38. The van der Waals surface area contributed by atoms with Gasteiger partial charge in [-0.25, -0.2) is 4.98 Å². The van der Waals surface area contributed by atoms with E-state index in [9.17, 15) is 4.79 Å². The zero-order chi connectivity index (χ0) is 16.5. The van der Waals surface area contributed by atoms with Crippen LogP contribution in [0.1, 0.15) is 34.9 Å². The van der Waals surface area contributed by atoms with Crippen LogP contribution in [-0.2, 0) is 11.8 Å². The summed E-state index contributed by atoms with van der Waals surface area (Å²) in [7, 11) is 1.83. The Morgan fingerprint density at radius 2 is 2.33 bits per heavy atom. The van der Waals surface area contributed by atoms with Gasteiger partial charge in [0, 0.05) is 38.0 Å². The number of amides is 1. The SMILES string of the molecule is Cn1nc(C2CCCOC2)cc1NC(=O)c1cccc2nccn12. The average Bonchev–Trinajstić information content (AvgIpc) is 3.22. The lowest BCUT2D eigenvalue weighted by Crippen LogP contribution is -2.17. The second-order valence-electron chi connectivity index (χ2n) is 6.01. The van der Waals surface area contributed by atoms with Crippen molar-refractivity contribution in [3.8, 4) is 0 Å². The van der Waals surface area contributed by atoms with E-state index >= 15 is 0 Å². The second kappa shape index (κ2) is 6.09. The average molecular weight is 325 g/mol. The molecule has 1 saturated heterocycles. The topological polar surface area (TPSA) is 73.4 Å². The highest BCUT2D eigenvalue weighted by molar-refractivity contribution is 6.03. The number of nitrogens with zero attached hydrogens (tertiary/aromatic N) is 4. The minimum atomic E-state index is -0.187. The number of aromatic nitrogens is 4. The molecule has 24 heavy (non-hydrogen) atoms. The molecule has 1 atom stereocenters. The van der Waals surface area contributed by atoms with Crippen LogP contribution in [-0.4, -0.2) is 38.3 Å². The summed E-state index contributed by atoms with van der Waals surface area (Å²) in [4.78, 5) is 16.8. The van der Waals surface area contributed by atoms with Gasteiger partial charge in [-0.3, -0.25) is 13.9 Å². The first-order valence-electron chi connectivity index (χ1n) is 8.07. The lowest BCUT2D eigenvalue weighted by atomic mass is 9.99. The molecule has 0 aromatic carbocycles. The lowest BCUT2D eigenvalue weighted by Gasteiger charge is -2.19. The Kier molecular flexibility index (Phi) is 3.78. The van der Waals surface area contributed by atoms with E-state index in [2.05, 4.69) is 15.4 Å². The van der Waals surface area contributed by atoms with Crippen LogP contribution in [0.15, 0.2) is 36.7 Å². The number of aryl methyl sites for hydroxylation is 1. The zero-order valence-electron chi connectivity index (χ0n) is 13.5. The van der Waals surface area contributed by atoms with E-state index in [-0.39, 0.29) is 5.91 Å². The van der Waals surface area contributed by atoms with Crippen LogP contribution >= 0.6 is 0 Å². The van der Waals surface area contributed by atoms with Crippen molar-refractivity contribution in [3.05, 3.63) is 48.0 Å². The zero-order valence-corrected chi connectivity index (χ0v) is 13.5. The second-order valence-corrected chi connectivity index (χ2v) is 6.01. The highest BCUT2D eigenvalue weighted by Gasteiger charge is 2.21. The number of imidazole rings is 1. The van der Waals surface area contributed by atoms with Crippen LogP contribution in [0.25, 0.3) is 5.65 Å².